The first-order chi connectivity index (χ1) is 7.74. The molecular weight excluding hydrogens is 229 g/mol. The molecule has 0 aliphatic rings. The second-order valence-corrected chi connectivity index (χ2v) is 3.62. The van der Waals surface area contributed by atoms with Gasteiger partial charge in [0.2, 0.25) is 0 Å². The molecule has 2 aromatic rings. The summed E-state index contributed by atoms with van der Waals surface area (Å²) in [5, 5.41) is 0.450. The lowest BCUT2D eigenvalue weighted by Crippen LogP contribution is -1.95. The van der Waals surface area contributed by atoms with Gasteiger partial charge in [-0.1, -0.05) is 17.7 Å². The summed E-state index contributed by atoms with van der Waals surface area (Å²) in [5.74, 6) is 0.344. The molecule has 1 heterocycles. The average molecular weight is 238 g/mol. The van der Waals surface area contributed by atoms with Crippen LogP contribution >= 0.6 is 11.6 Å². The fraction of sp³-hybridized carbons (Fsp3) is 0.0833. The summed E-state index contributed by atoms with van der Waals surface area (Å²) in [5.41, 5.74) is 0.911. The molecule has 0 N–H and O–H groups in total. The van der Waals surface area contributed by atoms with E-state index in [9.17, 15) is 4.39 Å². The molecule has 2 rings (SSSR count). The van der Waals surface area contributed by atoms with Gasteiger partial charge in [0, 0.05) is 11.8 Å². The molecule has 0 saturated heterocycles. The summed E-state index contributed by atoms with van der Waals surface area (Å²) in [7, 11) is 0. The van der Waals surface area contributed by atoms with Gasteiger partial charge in [-0.25, -0.2) is 9.37 Å². The van der Waals surface area contributed by atoms with Crippen LogP contribution in [-0.2, 0) is 6.61 Å². The predicted octanol–water partition coefficient (Wildman–Crippen LogP) is 3.45. The van der Waals surface area contributed by atoms with Gasteiger partial charge in [0.15, 0.2) is 0 Å². The lowest BCUT2D eigenvalue weighted by Gasteiger charge is -2.05. The van der Waals surface area contributed by atoms with Crippen LogP contribution in [0.4, 0.5) is 4.39 Å². The first kappa shape index (κ1) is 10.9. The highest BCUT2D eigenvalue weighted by atomic mass is 35.5. The minimum Gasteiger partial charge on any atom is -0.489 e. The van der Waals surface area contributed by atoms with E-state index in [1.165, 1.54) is 12.1 Å². The summed E-state index contributed by atoms with van der Waals surface area (Å²) in [4.78, 5) is 3.93. The third-order valence-corrected chi connectivity index (χ3v) is 2.23. The average Bonchev–Trinajstić information content (AvgIpc) is 2.30. The van der Waals surface area contributed by atoms with Crippen molar-refractivity contribution in [3.05, 3.63) is 59.1 Å². The monoisotopic (exact) mass is 237 g/mol. The summed E-state index contributed by atoms with van der Waals surface area (Å²) in [6.45, 7) is 0.385. The van der Waals surface area contributed by atoms with Crippen molar-refractivity contribution in [1.82, 2.24) is 4.98 Å². The number of hydrogen-bond donors (Lipinski definition) is 0. The molecule has 82 valence electrons. The van der Waals surface area contributed by atoms with Crippen molar-refractivity contribution in [3.63, 3.8) is 0 Å². The Morgan fingerprint density at radius 1 is 1.12 bits per heavy atom. The molecule has 0 saturated carbocycles. The minimum absolute atomic E-state index is 0.277. The lowest BCUT2D eigenvalue weighted by molar-refractivity contribution is 0.305. The smallest absolute Gasteiger partial charge is 0.129 e. The van der Waals surface area contributed by atoms with Gasteiger partial charge in [-0.15, -0.1) is 0 Å². The van der Waals surface area contributed by atoms with Crippen LogP contribution in [0.1, 0.15) is 5.56 Å². The molecular formula is C12H9ClFNO. The number of rotatable bonds is 3. The van der Waals surface area contributed by atoms with Gasteiger partial charge < -0.3 is 4.74 Å². The van der Waals surface area contributed by atoms with Crippen molar-refractivity contribution in [3.8, 4) is 5.75 Å². The van der Waals surface area contributed by atoms with Crippen LogP contribution in [0.2, 0.25) is 5.15 Å². The zero-order valence-corrected chi connectivity index (χ0v) is 9.12. The third-order valence-electron chi connectivity index (χ3n) is 2.01. The highest BCUT2D eigenvalue weighted by Gasteiger charge is 1.97. The van der Waals surface area contributed by atoms with Gasteiger partial charge in [-0.3, -0.25) is 0 Å². The Morgan fingerprint density at radius 3 is 2.50 bits per heavy atom. The predicted molar refractivity (Wildman–Crippen MR) is 60.0 cm³/mol. The molecule has 0 amide bonds. The first-order valence-corrected chi connectivity index (χ1v) is 5.10. The molecule has 0 atom stereocenters. The van der Waals surface area contributed by atoms with Gasteiger partial charge in [0.05, 0.1) is 0 Å². The van der Waals surface area contributed by atoms with Crippen LogP contribution in [0.15, 0.2) is 42.6 Å². The number of aromatic nitrogens is 1. The molecule has 1 aromatic carbocycles. The molecule has 2 nitrogen and oxygen atoms in total. The molecule has 0 aliphatic carbocycles. The van der Waals surface area contributed by atoms with Crippen molar-refractivity contribution in [2.24, 2.45) is 0 Å². The van der Waals surface area contributed by atoms with E-state index in [0.717, 1.165) is 5.56 Å². The van der Waals surface area contributed by atoms with Gasteiger partial charge >= 0.3 is 0 Å². The number of halogens is 2. The molecule has 0 aliphatic heterocycles. The summed E-state index contributed by atoms with van der Waals surface area (Å²) in [6.07, 6.45) is 1.64. The van der Waals surface area contributed by atoms with Crippen LogP contribution in [0, 0.1) is 5.82 Å². The molecule has 1 aromatic heterocycles. The van der Waals surface area contributed by atoms with Crippen LogP contribution in [0.5, 0.6) is 5.75 Å². The maximum absolute atomic E-state index is 12.6. The van der Waals surface area contributed by atoms with Crippen LogP contribution in [0.25, 0.3) is 0 Å². The molecule has 0 unspecified atom stereocenters. The first-order valence-electron chi connectivity index (χ1n) is 4.73. The molecule has 0 fully saturated rings. The van der Waals surface area contributed by atoms with E-state index < -0.39 is 0 Å². The van der Waals surface area contributed by atoms with Crippen LogP contribution in [-0.4, -0.2) is 4.98 Å². The summed E-state index contributed by atoms with van der Waals surface area (Å²) >= 11 is 5.65. The standard InChI is InChI=1S/C12H9ClFNO/c13-12-6-1-9(7-15-12)8-16-11-4-2-10(14)3-5-11/h1-7H,8H2. The maximum atomic E-state index is 12.6. The Balaban J connectivity index is 1.97. The number of ether oxygens (including phenoxy) is 1. The van der Waals surface area contributed by atoms with Gasteiger partial charge in [0.1, 0.15) is 23.3 Å². The Bertz CT molecular complexity index is 410. The van der Waals surface area contributed by atoms with Crippen molar-refractivity contribution in [2.45, 2.75) is 6.61 Å². The van der Waals surface area contributed by atoms with E-state index in [0.29, 0.717) is 17.5 Å². The van der Waals surface area contributed by atoms with Crippen molar-refractivity contribution >= 4 is 11.6 Å². The maximum Gasteiger partial charge on any atom is 0.129 e. The number of nitrogens with zero attached hydrogens (tertiary/aromatic N) is 1. The summed E-state index contributed by atoms with van der Waals surface area (Å²) in [6, 6.07) is 9.41. The number of hydrogen-bond acceptors (Lipinski definition) is 2. The quantitative estimate of drug-likeness (QED) is 0.763. The summed E-state index contributed by atoms with van der Waals surface area (Å²) < 4.78 is 18.1. The van der Waals surface area contributed by atoms with E-state index in [2.05, 4.69) is 4.98 Å². The number of benzene rings is 1. The molecule has 0 bridgehead atoms. The van der Waals surface area contributed by atoms with Crippen molar-refractivity contribution in [1.29, 1.82) is 0 Å². The highest BCUT2D eigenvalue weighted by molar-refractivity contribution is 6.29. The van der Waals surface area contributed by atoms with E-state index in [1.807, 2.05) is 6.07 Å². The van der Waals surface area contributed by atoms with E-state index in [4.69, 9.17) is 16.3 Å². The zero-order chi connectivity index (χ0) is 11.4. The van der Waals surface area contributed by atoms with E-state index >= 15 is 0 Å². The zero-order valence-electron chi connectivity index (χ0n) is 8.36. The van der Waals surface area contributed by atoms with Crippen molar-refractivity contribution in [2.75, 3.05) is 0 Å². The molecule has 16 heavy (non-hydrogen) atoms. The Morgan fingerprint density at radius 2 is 1.88 bits per heavy atom. The highest BCUT2D eigenvalue weighted by Crippen LogP contribution is 2.13. The van der Waals surface area contributed by atoms with Crippen LogP contribution < -0.4 is 4.74 Å². The fourth-order valence-electron chi connectivity index (χ4n) is 1.19. The lowest BCUT2D eigenvalue weighted by atomic mass is 10.3. The van der Waals surface area contributed by atoms with Crippen molar-refractivity contribution < 1.29 is 9.13 Å². The Labute approximate surface area is 97.7 Å². The molecule has 0 spiro atoms. The number of pyridine rings is 1. The molecule has 0 radical (unpaired) electrons. The normalized spacial score (nSPS) is 10.1. The Kier molecular flexibility index (Phi) is 3.37. The minimum atomic E-state index is -0.277. The molecule has 4 heteroatoms. The van der Waals surface area contributed by atoms with E-state index in [1.54, 1.807) is 24.4 Å². The fourth-order valence-corrected chi connectivity index (χ4v) is 1.30. The van der Waals surface area contributed by atoms with Gasteiger partial charge in [0.25, 0.3) is 0 Å². The Hall–Kier alpha value is -1.61. The second-order valence-electron chi connectivity index (χ2n) is 3.23. The largest absolute Gasteiger partial charge is 0.489 e. The topological polar surface area (TPSA) is 22.1 Å². The van der Waals surface area contributed by atoms with E-state index in [-0.39, 0.29) is 5.82 Å². The second kappa shape index (κ2) is 4.94. The SMILES string of the molecule is Fc1ccc(OCc2ccc(Cl)nc2)cc1. The third kappa shape index (κ3) is 2.94. The van der Waals surface area contributed by atoms with Gasteiger partial charge in [-0.05, 0) is 30.3 Å². The van der Waals surface area contributed by atoms with Gasteiger partial charge in [-0.2, -0.15) is 0 Å². The van der Waals surface area contributed by atoms with Crippen LogP contribution in [0.3, 0.4) is 0 Å².